The maximum absolute atomic E-state index is 14.2. The minimum absolute atomic E-state index is 0.0180. The average molecular weight is 559 g/mol. The molecule has 1 aliphatic carbocycles. The highest BCUT2D eigenvalue weighted by molar-refractivity contribution is 6.30. The second-order valence-electron chi connectivity index (χ2n) is 8.91. The van der Waals surface area contributed by atoms with Gasteiger partial charge in [0, 0.05) is 36.4 Å². The number of rotatable bonds is 4. The lowest BCUT2D eigenvalue weighted by molar-refractivity contribution is -0.276. The molecule has 0 unspecified atom stereocenters. The molecule has 1 fully saturated rings. The van der Waals surface area contributed by atoms with Crippen molar-refractivity contribution in [3.05, 3.63) is 69.0 Å². The van der Waals surface area contributed by atoms with Gasteiger partial charge in [-0.1, -0.05) is 22.8 Å². The Labute approximate surface area is 208 Å². The van der Waals surface area contributed by atoms with Gasteiger partial charge in [-0.05, 0) is 42.3 Å². The van der Waals surface area contributed by atoms with Gasteiger partial charge in [-0.15, -0.1) is 0 Å². The summed E-state index contributed by atoms with van der Waals surface area (Å²) in [4.78, 5) is 17.1. The highest BCUT2D eigenvalue weighted by atomic mass is 35.5. The topological polar surface area (TPSA) is 50.7 Å². The number of amides is 1. The van der Waals surface area contributed by atoms with Crippen LogP contribution in [0.3, 0.4) is 0 Å². The Morgan fingerprint density at radius 3 is 2.30 bits per heavy atom. The van der Waals surface area contributed by atoms with Crippen LogP contribution in [0.2, 0.25) is 5.02 Å². The molecular weight excluding hydrogens is 543 g/mol. The molecule has 1 heterocycles. The van der Waals surface area contributed by atoms with Crippen molar-refractivity contribution in [3.8, 4) is 0 Å². The van der Waals surface area contributed by atoms with Crippen molar-refractivity contribution in [1.82, 2.24) is 5.32 Å². The summed E-state index contributed by atoms with van der Waals surface area (Å²) in [6, 6.07) is 3.47. The number of nitrogens with zero attached hydrogens (tertiary/aromatic N) is 1. The van der Waals surface area contributed by atoms with E-state index in [9.17, 15) is 44.3 Å². The zero-order chi connectivity index (χ0) is 27.6. The lowest BCUT2D eigenvalue weighted by Crippen LogP contribution is -2.50. The fraction of sp³-hybridized carbons (Fsp3) is 0.391. The summed E-state index contributed by atoms with van der Waals surface area (Å²) >= 11 is 5.49. The second-order valence-corrected chi connectivity index (χ2v) is 9.32. The molecule has 2 aliphatic rings. The first-order valence-corrected chi connectivity index (χ1v) is 11.0. The molecule has 0 saturated heterocycles. The minimum Gasteiger partial charge on any atom is -0.374 e. The van der Waals surface area contributed by atoms with Crippen LogP contribution >= 0.6 is 11.6 Å². The predicted octanol–water partition coefficient (Wildman–Crippen LogP) is 6.92. The number of hydrogen-bond donors (Lipinski definition) is 1. The van der Waals surface area contributed by atoms with E-state index in [0.717, 1.165) is 0 Å². The van der Waals surface area contributed by atoms with Crippen LogP contribution in [0, 0.1) is 12.7 Å². The standard InChI is InChI=1S/C23H16ClF9N2O2/c1-10-4-11(2-3-14(10)19(36)34-13-7-20(26,27)8-13)17-9-21(37-35-17,23(31,32)33)12-5-15(22(28,29)30)18(25)16(24)6-12/h2-6,13H,7-9H2,1H3,(H,34,36)/t21-/m0/s1. The molecule has 200 valence electrons. The fourth-order valence-corrected chi connectivity index (χ4v) is 4.43. The van der Waals surface area contributed by atoms with E-state index in [4.69, 9.17) is 16.4 Å². The highest BCUT2D eigenvalue weighted by Crippen LogP contribution is 2.50. The first kappa shape index (κ1) is 27.1. The number of benzene rings is 2. The van der Waals surface area contributed by atoms with Gasteiger partial charge in [-0.2, -0.15) is 26.3 Å². The lowest BCUT2D eigenvalue weighted by Gasteiger charge is -2.35. The van der Waals surface area contributed by atoms with Crippen molar-refractivity contribution >= 4 is 23.2 Å². The molecule has 4 nitrogen and oxygen atoms in total. The number of nitrogens with one attached hydrogen (secondary N) is 1. The monoisotopic (exact) mass is 558 g/mol. The first-order chi connectivity index (χ1) is 16.9. The van der Waals surface area contributed by atoms with Crippen molar-refractivity contribution in [2.24, 2.45) is 5.16 Å². The van der Waals surface area contributed by atoms with Crippen LogP contribution in [0.1, 0.15) is 51.9 Å². The number of oxime groups is 1. The molecule has 1 N–H and O–H groups in total. The van der Waals surface area contributed by atoms with Crippen LogP contribution in [0.5, 0.6) is 0 Å². The molecule has 37 heavy (non-hydrogen) atoms. The van der Waals surface area contributed by atoms with Crippen molar-refractivity contribution in [1.29, 1.82) is 0 Å². The van der Waals surface area contributed by atoms with Gasteiger partial charge in [0.05, 0.1) is 16.3 Å². The van der Waals surface area contributed by atoms with Gasteiger partial charge in [0.25, 0.3) is 17.4 Å². The fourth-order valence-electron chi connectivity index (χ4n) is 4.21. The summed E-state index contributed by atoms with van der Waals surface area (Å²) < 4.78 is 122. The van der Waals surface area contributed by atoms with E-state index >= 15 is 0 Å². The third-order valence-corrected chi connectivity index (χ3v) is 6.49. The predicted molar refractivity (Wildman–Crippen MR) is 113 cm³/mol. The van der Waals surface area contributed by atoms with Gasteiger partial charge >= 0.3 is 12.4 Å². The van der Waals surface area contributed by atoms with Gasteiger partial charge in [0.2, 0.25) is 0 Å². The van der Waals surface area contributed by atoms with Gasteiger partial charge in [0.1, 0.15) is 0 Å². The number of aryl methyl sites for hydroxylation is 1. The van der Waals surface area contributed by atoms with Crippen LogP contribution in [0.4, 0.5) is 39.5 Å². The van der Waals surface area contributed by atoms with E-state index in [1.165, 1.54) is 25.1 Å². The Balaban J connectivity index is 1.62. The lowest BCUT2D eigenvalue weighted by atomic mass is 9.85. The van der Waals surface area contributed by atoms with Gasteiger partial charge in [-0.3, -0.25) is 4.79 Å². The molecule has 0 bridgehead atoms. The SMILES string of the molecule is Cc1cc(C2=NO[C@@](c3cc(Cl)c(F)c(C(F)(F)F)c3)(C(F)(F)F)C2)ccc1C(=O)NC1CC(F)(F)C1. The summed E-state index contributed by atoms with van der Waals surface area (Å²) in [5.74, 6) is -5.43. The highest BCUT2D eigenvalue weighted by Gasteiger charge is 2.63. The Hall–Kier alpha value is -2.96. The molecular formula is C23H16ClF9N2O2. The minimum atomic E-state index is -5.33. The summed E-state index contributed by atoms with van der Waals surface area (Å²) in [6.07, 6.45) is -12.7. The maximum Gasteiger partial charge on any atom is 0.435 e. The summed E-state index contributed by atoms with van der Waals surface area (Å²) in [5.41, 5.74) is -6.36. The zero-order valence-electron chi connectivity index (χ0n) is 18.6. The largest absolute Gasteiger partial charge is 0.435 e. The summed E-state index contributed by atoms with van der Waals surface area (Å²) in [5, 5.41) is 4.71. The molecule has 0 radical (unpaired) electrons. The van der Waals surface area contributed by atoms with Crippen LogP contribution in [0.15, 0.2) is 35.5 Å². The quantitative estimate of drug-likeness (QED) is 0.414. The average Bonchev–Trinajstić information content (AvgIpc) is 3.20. The van der Waals surface area contributed by atoms with E-state index in [1.807, 2.05) is 0 Å². The Morgan fingerprint density at radius 2 is 1.76 bits per heavy atom. The van der Waals surface area contributed by atoms with E-state index in [-0.39, 0.29) is 28.5 Å². The number of halogens is 10. The Morgan fingerprint density at radius 1 is 1.11 bits per heavy atom. The van der Waals surface area contributed by atoms with Crippen LogP contribution in [0.25, 0.3) is 0 Å². The first-order valence-electron chi connectivity index (χ1n) is 10.6. The van der Waals surface area contributed by atoms with Crippen molar-refractivity contribution in [2.45, 2.75) is 56.1 Å². The third-order valence-electron chi connectivity index (χ3n) is 6.22. The number of carbonyl (C=O) groups excluding carboxylic acids is 1. The maximum atomic E-state index is 14.2. The molecule has 14 heteroatoms. The molecule has 2 aromatic rings. The normalized spacial score (nSPS) is 21.8. The summed E-state index contributed by atoms with van der Waals surface area (Å²) in [7, 11) is 0. The van der Waals surface area contributed by atoms with E-state index in [2.05, 4.69) is 10.5 Å². The molecule has 1 aliphatic heterocycles. The Kier molecular flexibility index (Phi) is 6.45. The van der Waals surface area contributed by atoms with Crippen molar-refractivity contribution in [2.75, 3.05) is 0 Å². The van der Waals surface area contributed by atoms with Gasteiger partial charge in [-0.25, -0.2) is 13.2 Å². The number of hydrogen-bond acceptors (Lipinski definition) is 3. The zero-order valence-corrected chi connectivity index (χ0v) is 19.4. The van der Waals surface area contributed by atoms with Gasteiger partial charge < -0.3 is 10.2 Å². The van der Waals surface area contributed by atoms with Gasteiger partial charge in [0.15, 0.2) is 5.82 Å². The van der Waals surface area contributed by atoms with Crippen molar-refractivity contribution < 1.29 is 49.1 Å². The number of alkyl halides is 8. The smallest absolute Gasteiger partial charge is 0.374 e. The molecule has 1 atom stereocenters. The van der Waals surface area contributed by atoms with Crippen LogP contribution < -0.4 is 5.32 Å². The van der Waals surface area contributed by atoms with Crippen LogP contribution in [-0.2, 0) is 16.6 Å². The molecule has 1 amide bonds. The second kappa shape index (κ2) is 8.81. The number of carbonyl (C=O) groups is 1. The van der Waals surface area contributed by atoms with E-state index < -0.39 is 77.1 Å². The third kappa shape index (κ3) is 4.97. The Bertz CT molecular complexity index is 1280. The van der Waals surface area contributed by atoms with E-state index in [0.29, 0.717) is 6.07 Å². The molecule has 0 spiro atoms. The molecule has 4 rings (SSSR count). The van der Waals surface area contributed by atoms with Crippen LogP contribution in [-0.4, -0.2) is 29.8 Å². The molecule has 0 aromatic heterocycles. The molecule has 2 aromatic carbocycles. The van der Waals surface area contributed by atoms with Crippen molar-refractivity contribution in [3.63, 3.8) is 0 Å². The molecule has 1 saturated carbocycles. The summed E-state index contributed by atoms with van der Waals surface area (Å²) in [6.45, 7) is 1.45. The van der Waals surface area contributed by atoms with E-state index in [1.54, 1.807) is 0 Å².